The van der Waals surface area contributed by atoms with Crippen molar-refractivity contribution in [3.8, 4) is 0 Å². The van der Waals surface area contributed by atoms with Gasteiger partial charge >= 0.3 is 12.1 Å². The topological polar surface area (TPSA) is 88.7 Å². The van der Waals surface area contributed by atoms with Crippen molar-refractivity contribution in [1.82, 2.24) is 15.1 Å². The highest BCUT2D eigenvalue weighted by atomic mass is 19.4. The molecule has 1 aromatic heterocycles. The molecule has 10 heteroatoms. The minimum atomic E-state index is -5.08. The Labute approximate surface area is 160 Å². The molecule has 0 bridgehead atoms. The third kappa shape index (κ3) is 3.76. The maximum Gasteiger partial charge on any atom is 0.490 e. The molecular formula is C18H24F3N3O4. The van der Waals surface area contributed by atoms with Crippen LogP contribution in [0.5, 0.6) is 0 Å². The normalized spacial score (nSPS) is 30.9. The van der Waals surface area contributed by atoms with E-state index in [4.69, 9.17) is 19.1 Å². The summed E-state index contributed by atoms with van der Waals surface area (Å²) in [5.41, 5.74) is -0.0251. The summed E-state index contributed by atoms with van der Waals surface area (Å²) in [6.07, 6.45) is 2.84. The molecular weight excluding hydrogens is 379 g/mol. The van der Waals surface area contributed by atoms with Gasteiger partial charge < -0.3 is 14.3 Å². The monoisotopic (exact) mass is 403 g/mol. The first-order chi connectivity index (χ1) is 13.3. The zero-order valence-corrected chi connectivity index (χ0v) is 15.5. The largest absolute Gasteiger partial charge is 0.490 e. The summed E-state index contributed by atoms with van der Waals surface area (Å²) in [5, 5.41) is 15.9. The average molecular weight is 403 g/mol. The van der Waals surface area contributed by atoms with E-state index in [9.17, 15) is 13.2 Å². The van der Waals surface area contributed by atoms with Crippen LogP contribution in [0.3, 0.4) is 0 Å². The molecule has 5 rings (SSSR count). The maximum absolute atomic E-state index is 10.6. The third-order valence-corrected chi connectivity index (χ3v) is 6.28. The Morgan fingerprint density at radius 1 is 1.18 bits per heavy atom. The van der Waals surface area contributed by atoms with Crippen molar-refractivity contribution in [3.05, 3.63) is 11.8 Å². The molecule has 28 heavy (non-hydrogen) atoms. The van der Waals surface area contributed by atoms with Crippen LogP contribution in [-0.4, -0.2) is 64.7 Å². The molecule has 0 amide bonds. The lowest BCUT2D eigenvalue weighted by atomic mass is 9.81. The quantitative estimate of drug-likeness (QED) is 0.830. The molecule has 2 atom stereocenters. The van der Waals surface area contributed by atoms with Gasteiger partial charge in [0, 0.05) is 31.0 Å². The summed E-state index contributed by atoms with van der Waals surface area (Å²) < 4.78 is 43.6. The molecule has 2 saturated carbocycles. The molecule has 2 aliphatic heterocycles. The van der Waals surface area contributed by atoms with Crippen LogP contribution in [0.15, 0.2) is 4.42 Å². The molecule has 2 saturated heterocycles. The summed E-state index contributed by atoms with van der Waals surface area (Å²) in [6.45, 7) is 3.80. The molecule has 156 valence electrons. The lowest BCUT2D eigenvalue weighted by molar-refractivity contribution is -0.192. The van der Waals surface area contributed by atoms with Gasteiger partial charge in [-0.05, 0) is 25.7 Å². The number of rotatable bonds is 3. The third-order valence-electron chi connectivity index (χ3n) is 6.28. The van der Waals surface area contributed by atoms with E-state index in [1.54, 1.807) is 0 Å². The Bertz CT molecular complexity index is 715. The Morgan fingerprint density at radius 2 is 1.86 bits per heavy atom. The number of aromatic nitrogens is 2. The second-order valence-corrected chi connectivity index (χ2v) is 8.26. The predicted molar refractivity (Wildman–Crippen MR) is 89.8 cm³/mol. The van der Waals surface area contributed by atoms with Crippen molar-refractivity contribution in [2.75, 3.05) is 26.3 Å². The molecule has 2 aliphatic carbocycles. The highest BCUT2D eigenvalue weighted by Gasteiger charge is 2.56. The number of carboxylic acid groups (broad SMARTS) is 1. The van der Waals surface area contributed by atoms with E-state index in [1.807, 2.05) is 0 Å². The lowest BCUT2D eigenvalue weighted by Gasteiger charge is -2.26. The van der Waals surface area contributed by atoms with E-state index in [1.165, 1.54) is 38.5 Å². The number of carbonyl (C=O) groups is 1. The van der Waals surface area contributed by atoms with Gasteiger partial charge in [-0.25, -0.2) is 4.79 Å². The number of hydrogen-bond acceptors (Lipinski definition) is 6. The Kier molecular flexibility index (Phi) is 5.11. The maximum atomic E-state index is 10.6. The number of fused-ring (bicyclic) bond motifs is 1. The van der Waals surface area contributed by atoms with Crippen LogP contribution in [0, 0.1) is 5.92 Å². The van der Waals surface area contributed by atoms with Gasteiger partial charge in [-0.2, -0.15) is 13.2 Å². The Balaban J connectivity index is 0.000000239. The number of likely N-dealkylation sites (tertiary alicyclic amines) is 1. The lowest BCUT2D eigenvalue weighted by Crippen LogP contribution is -2.38. The molecule has 4 aliphatic rings. The number of alkyl halides is 3. The van der Waals surface area contributed by atoms with Gasteiger partial charge in [0.15, 0.2) is 0 Å². The van der Waals surface area contributed by atoms with Crippen molar-refractivity contribution < 1.29 is 32.2 Å². The van der Waals surface area contributed by atoms with Crippen molar-refractivity contribution in [2.24, 2.45) is 5.92 Å². The van der Waals surface area contributed by atoms with Crippen molar-refractivity contribution in [1.29, 1.82) is 0 Å². The highest BCUT2D eigenvalue weighted by Crippen LogP contribution is 2.47. The van der Waals surface area contributed by atoms with E-state index in [0.717, 1.165) is 44.1 Å². The van der Waals surface area contributed by atoms with E-state index in [0.29, 0.717) is 11.8 Å². The van der Waals surface area contributed by atoms with Crippen LogP contribution in [0.2, 0.25) is 0 Å². The van der Waals surface area contributed by atoms with Gasteiger partial charge in [0.25, 0.3) is 0 Å². The van der Waals surface area contributed by atoms with Gasteiger partial charge in [-0.3, -0.25) is 4.90 Å². The molecule has 0 spiro atoms. The van der Waals surface area contributed by atoms with E-state index >= 15 is 0 Å². The summed E-state index contributed by atoms with van der Waals surface area (Å²) in [4.78, 5) is 11.6. The fourth-order valence-electron chi connectivity index (χ4n) is 4.56. The van der Waals surface area contributed by atoms with Gasteiger partial charge in [-0.1, -0.05) is 12.8 Å². The number of carboxylic acids is 1. The molecule has 3 heterocycles. The van der Waals surface area contributed by atoms with Crippen molar-refractivity contribution in [2.45, 2.75) is 62.1 Å². The smallest absolute Gasteiger partial charge is 0.475 e. The SMILES string of the molecule is C1CCC(N2C[C@@H]3COC[C@]3(c3nnc(C4CC4)o3)C2)C1.O=C(O)C(F)(F)F. The fourth-order valence-corrected chi connectivity index (χ4v) is 4.56. The van der Waals surface area contributed by atoms with Gasteiger partial charge in [-0.15, -0.1) is 10.2 Å². The van der Waals surface area contributed by atoms with E-state index in [2.05, 4.69) is 15.1 Å². The van der Waals surface area contributed by atoms with Gasteiger partial charge in [0.05, 0.1) is 18.6 Å². The molecule has 4 fully saturated rings. The zero-order valence-electron chi connectivity index (χ0n) is 15.5. The molecule has 1 aromatic rings. The van der Waals surface area contributed by atoms with Crippen molar-refractivity contribution >= 4 is 5.97 Å². The predicted octanol–water partition coefficient (Wildman–Crippen LogP) is 2.72. The number of ether oxygens (including phenoxy) is 1. The minimum absolute atomic E-state index is 0.0251. The van der Waals surface area contributed by atoms with E-state index in [-0.39, 0.29) is 5.41 Å². The second kappa shape index (κ2) is 7.29. The second-order valence-electron chi connectivity index (χ2n) is 8.26. The van der Waals surface area contributed by atoms with Crippen LogP contribution < -0.4 is 0 Å². The molecule has 7 nitrogen and oxygen atoms in total. The number of nitrogens with zero attached hydrogens (tertiary/aromatic N) is 3. The van der Waals surface area contributed by atoms with Crippen LogP contribution >= 0.6 is 0 Å². The summed E-state index contributed by atoms with van der Waals surface area (Å²) >= 11 is 0. The van der Waals surface area contributed by atoms with Gasteiger partial charge in [0.2, 0.25) is 11.8 Å². The average Bonchev–Trinajstić information content (AvgIpc) is 3.07. The van der Waals surface area contributed by atoms with Crippen LogP contribution in [0.25, 0.3) is 0 Å². The fraction of sp³-hybridized carbons (Fsp3) is 0.833. The van der Waals surface area contributed by atoms with Crippen molar-refractivity contribution in [3.63, 3.8) is 0 Å². The van der Waals surface area contributed by atoms with Crippen LogP contribution in [0.4, 0.5) is 13.2 Å². The highest BCUT2D eigenvalue weighted by molar-refractivity contribution is 5.73. The molecule has 0 aromatic carbocycles. The van der Waals surface area contributed by atoms with Gasteiger partial charge in [0.1, 0.15) is 0 Å². The molecule has 0 radical (unpaired) electrons. The number of hydrogen-bond donors (Lipinski definition) is 1. The van der Waals surface area contributed by atoms with E-state index < -0.39 is 12.1 Å². The summed E-state index contributed by atoms with van der Waals surface area (Å²) in [5.74, 6) is 0.0330. The summed E-state index contributed by atoms with van der Waals surface area (Å²) in [7, 11) is 0. The number of halogens is 3. The Morgan fingerprint density at radius 3 is 2.46 bits per heavy atom. The molecule has 1 N–H and O–H groups in total. The summed E-state index contributed by atoms with van der Waals surface area (Å²) in [6, 6.07) is 0.776. The first-order valence-corrected chi connectivity index (χ1v) is 9.75. The first-order valence-electron chi connectivity index (χ1n) is 9.75. The van der Waals surface area contributed by atoms with Crippen LogP contribution in [0.1, 0.15) is 56.2 Å². The Hall–Kier alpha value is -1.68. The minimum Gasteiger partial charge on any atom is -0.475 e. The van der Waals surface area contributed by atoms with Crippen LogP contribution in [-0.2, 0) is 14.9 Å². The zero-order chi connectivity index (χ0) is 19.9. The standard InChI is InChI=1S/C16H23N3O2.C2HF3O2/c1-2-4-13(3-1)19-7-12-8-20-10-16(12,9-19)15-18-17-14(21-15)11-5-6-11;3-2(4,5)1(6)7/h11-13H,1-10H2;(H,6,7)/t12-,16-;/m1./s1. The number of aliphatic carboxylic acids is 1. The molecule has 0 unspecified atom stereocenters. The first kappa shape index (κ1) is 19.6.